The van der Waals surface area contributed by atoms with Crippen LogP contribution in [0, 0.1) is 0 Å². The van der Waals surface area contributed by atoms with Gasteiger partial charge in [0.2, 0.25) is 0 Å². The van der Waals surface area contributed by atoms with Crippen LogP contribution in [0.2, 0.25) is 0 Å². The first-order valence-corrected chi connectivity index (χ1v) is 8.76. The van der Waals surface area contributed by atoms with Gasteiger partial charge < -0.3 is 5.32 Å². The average Bonchev–Trinajstić information content (AvgIpc) is 2.97. The van der Waals surface area contributed by atoms with Crippen LogP contribution in [0.15, 0.2) is 27.4 Å². The van der Waals surface area contributed by atoms with E-state index in [0.717, 1.165) is 19.4 Å². The molecule has 0 aromatic carbocycles. The minimum atomic E-state index is 0.431. The van der Waals surface area contributed by atoms with Crippen LogP contribution in [-0.4, -0.2) is 6.54 Å². The topological polar surface area (TPSA) is 12.0 Å². The molecule has 0 amide bonds. The summed E-state index contributed by atoms with van der Waals surface area (Å²) in [5.41, 5.74) is 1.39. The Hall–Kier alpha value is -0.160. The van der Waals surface area contributed by atoms with Crippen molar-refractivity contribution in [3.05, 3.63) is 42.7 Å². The van der Waals surface area contributed by atoms with Gasteiger partial charge in [0.05, 0.1) is 3.79 Å². The van der Waals surface area contributed by atoms with Gasteiger partial charge in [0.1, 0.15) is 0 Å². The maximum absolute atomic E-state index is 3.58. The summed E-state index contributed by atoms with van der Waals surface area (Å²) in [6.07, 6.45) is 2.22. The second-order valence-electron chi connectivity index (χ2n) is 4.22. The maximum atomic E-state index is 3.58. The molecule has 0 saturated heterocycles. The highest BCUT2D eigenvalue weighted by molar-refractivity contribution is 9.11. The molecule has 1 atom stereocenters. The maximum Gasteiger partial charge on any atom is 0.0701 e. The zero-order valence-corrected chi connectivity index (χ0v) is 13.9. The van der Waals surface area contributed by atoms with Crippen LogP contribution >= 0.6 is 38.6 Å². The van der Waals surface area contributed by atoms with E-state index in [9.17, 15) is 0 Å². The van der Waals surface area contributed by atoms with E-state index in [1.807, 2.05) is 11.3 Å². The third kappa shape index (κ3) is 3.67. The van der Waals surface area contributed by atoms with E-state index in [1.165, 1.54) is 19.1 Å². The highest BCUT2D eigenvalue weighted by Gasteiger charge is 2.13. The minimum absolute atomic E-state index is 0.431. The van der Waals surface area contributed by atoms with Crippen molar-refractivity contribution in [1.82, 2.24) is 5.32 Å². The molecule has 2 rings (SSSR count). The van der Waals surface area contributed by atoms with Crippen molar-refractivity contribution in [3.8, 4) is 0 Å². The van der Waals surface area contributed by atoms with Crippen molar-refractivity contribution in [2.24, 2.45) is 0 Å². The van der Waals surface area contributed by atoms with Crippen LogP contribution in [0.25, 0.3) is 0 Å². The van der Waals surface area contributed by atoms with Crippen molar-refractivity contribution in [2.75, 3.05) is 6.54 Å². The van der Waals surface area contributed by atoms with Gasteiger partial charge in [0, 0.05) is 22.2 Å². The van der Waals surface area contributed by atoms with Crippen molar-refractivity contribution in [2.45, 2.75) is 32.7 Å². The SMILES string of the molecule is CCNC(Cc1ccc(CC)s1)c1csc(Br)c1. The monoisotopic (exact) mass is 343 g/mol. The summed E-state index contributed by atoms with van der Waals surface area (Å²) in [7, 11) is 0. The Morgan fingerprint density at radius 1 is 1.28 bits per heavy atom. The van der Waals surface area contributed by atoms with Gasteiger partial charge in [-0.25, -0.2) is 0 Å². The Kier molecular flexibility index (Phi) is 5.42. The van der Waals surface area contributed by atoms with Gasteiger partial charge in [0.15, 0.2) is 0 Å². The van der Waals surface area contributed by atoms with Crippen molar-refractivity contribution >= 4 is 38.6 Å². The molecule has 1 unspecified atom stereocenters. The first kappa shape index (κ1) is 14.3. The van der Waals surface area contributed by atoms with Crippen LogP contribution in [0.3, 0.4) is 0 Å². The van der Waals surface area contributed by atoms with Crippen LogP contribution in [0.5, 0.6) is 0 Å². The van der Waals surface area contributed by atoms with E-state index < -0.39 is 0 Å². The lowest BCUT2D eigenvalue weighted by atomic mass is 10.1. The number of hydrogen-bond donors (Lipinski definition) is 1. The Morgan fingerprint density at radius 3 is 2.61 bits per heavy atom. The summed E-state index contributed by atoms with van der Waals surface area (Å²) >= 11 is 7.24. The average molecular weight is 344 g/mol. The van der Waals surface area contributed by atoms with Gasteiger partial charge in [-0.1, -0.05) is 13.8 Å². The molecule has 98 valence electrons. The number of likely N-dealkylation sites (N-methyl/N-ethyl adjacent to an activating group) is 1. The first-order chi connectivity index (χ1) is 8.72. The molecule has 2 heterocycles. The Balaban J connectivity index is 2.10. The van der Waals surface area contributed by atoms with E-state index in [2.05, 4.69) is 58.7 Å². The van der Waals surface area contributed by atoms with E-state index in [0.29, 0.717) is 6.04 Å². The highest BCUT2D eigenvalue weighted by Crippen LogP contribution is 2.29. The molecule has 0 spiro atoms. The van der Waals surface area contributed by atoms with Crippen LogP contribution in [0.4, 0.5) is 0 Å². The van der Waals surface area contributed by atoms with Crippen LogP contribution < -0.4 is 5.32 Å². The fraction of sp³-hybridized carbons (Fsp3) is 0.429. The normalized spacial score (nSPS) is 12.8. The molecule has 0 aliphatic heterocycles. The zero-order chi connectivity index (χ0) is 13.0. The first-order valence-electron chi connectivity index (χ1n) is 6.27. The number of thiophene rings is 2. The minimum Gasteiger partial charge on any atom is -0.310 e. The molecule has 0 aliphatic carbocycles. The molecular formula is C14H18BrNS2. The lowest BCUT2D eigenvalue weighted by molar-refractivity contribution is 0.555. The van der Waals surface area contributed by atoms with E-state index in [-0.39, 0.29) is 0 Å². The number of rotatable bonds is 6. The number of hydrogen-bond acceptors (Lipinski definition) is 3. The summed E-state index contributed by atoms with van der Waals surface area (Å²) in [5.74, 6) is 0. The zero-order valence-electron chi connectivity index (χ0n) is 10.7. The Bertz CT molecular complexity index is 489. The number of nitrogens with one attached hydrogen (secondary N) is 1. The predicted octanol–water partition coefficient (Wildman–Crippen LogP) is 5.03. The molecular weight excluding hydrogens is 326 g/mol. The third-order valence-electron chi connectivity index (χ3n) is 2.91. The lowest BCUT2D eigenvalue weighted by Crippen LogP contribution is -2.22. The Morgan fingerprint density at radius 2 is 2.06 bits per heavy atom. The Labute approximate surface area is 125 Å². The van der Waals surface area contributed by atoms with Crippen molar-refractivity contribution in [3.63, 3.8) is 0 Å². The molecule has 1 nitrogen and oxygen atoms in total. The van der Waals surface area contributed by atoms with Crippen LogP contribution in [0.1, 0.15) is 35.2 Å². The fourth-order valence-corrected chi connectivity index (χ4v) is 4.22. The van der Waals surface area contributed by atoms with E-state index >= 15 is 0 Å². The molecule has 2 aromatic rings. The van der Waals surface area contributed by atoms with Gasteiger partial charge in [-0.3, -0.25) is 0 Å². The number of aryl methyl sites for hydroxylation is 1. The van der Waals surface area contributed by atoms with Gasteiger partial charge in [0.25, 0.3) is 0 Å². The molecule has 0 radical (unpaired) electrons. The van der Waals surface area contributed by atoms with Crippen LogP contribution in [-0.2, 0) is 12.8 Å². The molecule has 2 aromatic heterocycles. The fourth-order valence-electron chi connectivity index (χ4n) is 1.98. The summed E-state index contributed by atoms with van der Waals surface area (Å²) in [5, 5.41) is 5.82. The second kappa shape index (κ2) is 6.85. The standard InChI is InChI=1S/C14H18BrNS2/c1-3-11-5-6-12(18-11)8-13(16-4-2)10-7-14(15)17-9-10/h5-7,9,13,16H,3-4,8H2,1-2H3. The largest absolute Gasteiger partial charge is 0.310 e. The molecule has 1 N–H and O–H groups in total. The van der Waals surface area contributed by atoms with Gasteiger partial charge in [-0.05, 0) is 58.0 Å². The van der Waals surface area contributed by atoms with E-state index in [1.54, 1.807) is 11.3 Å². The van der Waals surface area contributed by atoms with Crippen molar-refractivity contribution in [1.29, 1.82) is 0 Å². The van der Waals surface area contributed by atoms with Crippen molar-refractivity contribution < 1.29 is 0 Å². The smallest absolute Gasteiger partial charge is 0.0701 e. The van der Waals surface area contributed by atoms with Gasteiger partial charge in [-0.15, -0.1) is 22.7 Å². The molecule has 18 heavy (non-hydrogen) atoms. The number of halogens is 1. The molecule has 0 aliphatic rings. The lowest BCUT2D eigenvalue weighted by Gasteiger charge is -2.15. The highest BCUT2D eigenvalue weighted by atomic mass is 79.9. The molecule has 4 heteroatoms. The predicted molar refractivity (Wildman–Crippen MR) is 85.8 cm³/mol. The summed E-state index contributed by atoms with van der Waals surface area (Å²) < 4.78 is 1.21. The van der Waals surface area contributed by atoms with Gasteiger partial charge in [-0.2, -0.15) is 0 Å². The third-order valence-corrected chi connectivity index (χ3v) is 5.69. The summed E-state index contributed by atoms with van der Waals surface area (Å²) in [6, 6.07) is 7.19. The molecule has 0 fully saturated rings. The quantitative estimate of drug-likeness (QED) is 0.775. The van der Waals surface area contributed by atoms with Gasteiger partial charge >= 0.3 is 0 Å². The summed E-state index contributed by atoms with van der Waals surface area (Å²) in [6.45, 7) is 5.39. The van der Waals surface area contributed by atoms with E-state index in [4.69, 9.17) is 0 Å². The molecule has 0 saturated carbocycles. The molecule has 0 bridgehead atoms. The summed E-state index contributed by atoms with van der Waals surface area (Å²) in [4.78, 5) is 2.95. The second-order valence-corrected chi connectivity index (χ2v) is 7.76.